The smallest absolute Gasteiger partial charge is 0 e. The van der Waals surface area contributed by atoms with Crippen molar-refractivity contribution in [1.29, 1.82) is 0 Å². The largest absolute Gasteiger partial charge is 0.0776 e. The summed E-state index contributed by atoms with van der Waals surface area (Å²) in [6.45, 7) is 0. The standard InChI is InChI=1S/CH4.Fe.2Zn/h1H4;;;. The number of hydrogen-bond donors (Lipinski definition) is 0. The molecule has 0 amide bonds. The molecule has 0 unspecified atom stereocenters. The zero-order valence-electron chi connectivity index (χ0n) is 1.77. The van der Waals surface area contributed by atoms with Crippen molar-refractivity contribution in [3.05, 3.63) is 0 Å². The van der Waals surface area contributed by atoms with E-state index in [1.54, 1.807) is 0 Å². The Morgan fingerprint density at radius 3 is 0.750 bits per heavy atom. The monoisotopic (exact) mass is 200 g/mol. The summed E-state index contributed by atoms with van der Waals surface area (Å²) in [6, 6.07) is 0. The third-order valence-electron chi connectivity index (χ3n) is 0. The van der Waals surface area contributed by atoms with E-state index < -0.39 is 0 Å². The Morgan fingerprint density at radius 2 is 0.750 bits per heavy atom. The van der Waals surface area contributed by atoms with Crippen molar-refractivity contribution >= 4 is 0 Å². The molecular weight excluding hydrogens is 199 g/mol. The minimum atomic E-state index is 0. The minimum Gasteiger partial charge on any atom is -0.0776 e. The molecule has 0 aliphatic rings. The zero-order valence-corrected chi connectivity index (χ0v) is 8.81. The first-order valence-corrected chi connectivity index (χ1v) is 0. The summed E-state index contributed by atoms with van der Waals surface area (Å²) in [6.07, 6.45) is 0. The van der Waals surface area contributed by atoms with Crippen molar-refractivity contribution in [3.63, 3.8) is 0 Å². The molecule has 3 heteroatoms. The molecule has 0 nitrogen and oxygen atoms in total. The van der Waals surface area contributed by atoms with Crippen LogP contribution in [0.5, 0.6) is 0 Å². The van der Waals surface area contributed by atoms with Crippen LogP contribution in [0, 0.1) is 0 Å². The van der Waals surface area contributed by atoms with Crippen LogP contribution in [0.15, 0.2) is 0 Å². The zero-order chi connectivity index (χ0) is 0. The first-order chi connectivity index (χ1) is 0. The maximum absolute atomic E-state index is 0. The SMILES string of the molecule is C.[Fe].[Zn].[Zn]. The summed E-state index contributed by atoms with van der Waals surface area (Å²) in [5.74, 6) is 0. The Hall–Kier alpha value is 1.77. The van der Waals surface area contributed by atoms with Crippen LogP contribution < -0.4 is 0 Å². The fraction of sp³-hybridized carbons (Fsp3) is 1.00. The van der Waals surface area contributed by atoms with Crippen molar-refractivity contribution < 1.29 is 56.0 Å². The van der Waals surface area contributed by atoms with Crippen molar-refractivity contribution in [2.24, 2.45) is 0 Å². The molecule has 0 aromatic rings. The maximum Gasteiger partial charge on any atom is 0 e. The van der Waals surface area contributed by atoms with E-state index >= 15 is 0 Å². The summed E-state index contributed by atoms with van der Waals surface area (Å²) in [5.41, 5.74) is 0. The summed E-state index contributed by atoms with van der Waals surface area (Å²) in [7, 11) is 0. The van der Waals surface area contributed by atoms with Gasteiger partial charge in [0.25, 0.3) is 0 Å². The van der Waals surface area contributed by atoms with Crippen molar-refractivity contribution in [3.8, 4) is 0 Å². The second kappa shape index (κ2) is 21.7. The average molecular weight is 203 g/mol. The molecule has 0 rings (SSSR count). The van der Waals surface area contributed by atoms with Gasteiger partial charge in [0, 0.05) is 56.0 Å². The van der Waals surface area contributed by atoms with E-state index in [1.807, 2.05) is 0 Å². The Balaban J connectivity index is 0. The predicted molar refractivity (Wildman–Crippen MR) is 6.73 cm³/mol. The second-order valence-corrected chi connectivity index (χ2v) is 0. The van der Waals surface area contributed by atoms with Gasteiger partial charge in [-0.2, -0.15) is 0 Å². The van der Waals surface area contributed by atoms with E-state index in [4.69, 9.17) is 0 Å². The predicted octanol–water partition coefficient (Wildman–Crippen LogP) is 0.629. The Kier molecular flexibility index (Phi) is 227. The molecule has 0 heterocycles. The van der Waals surface area contributed by atoms with Crippen molar-refractivity contribution in [1.82, 2.24) is 0 Å². The van der Waals surface area contributed by atoms with E-state index in [9.17, 15) is 0 Å². The fourth-order valence-corrected chi connectivity index (χ4v) is 0. The van der Waals surface area contributed by atoms with Crippen LogP contribution in [0.25, 0.3) is 0 Å². The molecule has 0 saturated heterocycles. The Labute approximate surface area is 63.1 Å². The average Bonchev–Trinajstić information content (AvgIpc) is 0. The Bertz CT molecular complexity index is 6.00. The second-order valence-electron chi connectivity index (χ2n) is 0. The molecule has 0 bridgehead atoms. The summed E-state index contributed by atoms with van der Waals surface area (Å²) in [5, 5.41) is 0. The van der Waals surface area contributed by atoms with Crippen LogP contribution >= 0.6 is 0 Å². The molecule has 0 aromatic heterocycles. The molecule has 0 aromatic carbocycles. The van der Waals surface area contributed by atoms with Gasteiger partial charge >= 0.3 is 0 Å². The van der Waals surface area contributed by atoms with Gasteiger partial charge in [0.05, 0.1) is 0 Å². The minimum absolute atomic E-state index is 0. The maximum atomic E-state index is 0. The van der Waals surface area contributed by atoms with Crippen LogP contribution in [0.3, 0.4) is 0 Å². The van der Waals surface area contributed by atoms with Crippen LogP contribution in [-0.2, 0) is 56.0 Å². The first kappa shape index (κ1) is 42.0. The molecule has 4 heavy (non-hydrogen) atoms. The van der Waals surface area contributed by atoms with Crippen LogP contribution in [0.2, 0.25) is 0 Å². The molecule has 20 valence electrons. The van der Waals surface area contributed by atoms with Gasteiger partial charge in [-0.15, -0.1) is 0 Å². The van der Waals surface area contributed by atoms with Gasteiger partial charge < -0.3 is 0 Å². The van der Waals surface area contributed by atoms with Gasteiger partial charge in [0.1, 0.15) is 0 Å². The molecule has 0 spiro atoms. The molecule has 0 saturated carbocycles. The van der Waals surface area contributed by atoms with E-state index in [1.165, 1.54) is 0 Å². The fourth-order valence-electron chi connectivity index (χ4n) is 0. The van der Waals surface area contributed by atoms with Crippen molar-refractivity contribution in [2.45, 2.75) is 7.43 Å². The van der Waals surface area contributed by atoms with Crippen LogP contribution in [0.4, 0.5) is 0 Å². The quantitative estimate of drug-likeness (QED) is 0.506. The number of rotatable bonds is 0. The topological polar surface area (TPSA) is 0 Å². The Morgan fingerprint density at radius 1 is 0.750 bits per heavy atom. The molecule has 0 aliphatic carbocycles. The van der Waals surface area contributed by atoms with Gasteiger partial charge in [-0.25, -0.2) is 0 Å². The molecular formula is CH4FeZn2. The van der Waals surface area contributed by atoms with Gasteiger partial charge in [-0.05, 0) is 0 Å². The summed E-state index contributed by atoms with van der Waals surface area (Å²) in [4.78, 5) is 0. The van der Waals surface area contributed by atoms with Gasteiger partial charge in [-0.3, -0.25) is 0 Å². The van der Waals surface area contributed by atoms with E-state index in [0.29, 0.717) is 0 Å². The van der Waals surface area contributed by atoms with E-state index in [-0.39, 0.29) is 63.5 Å². The molecule has 0 radical (unpaired) electrons. The van der Waals surface area contributed by atoms with Crippen LogP contribution in [0.1, 0.15) is 7.43 Å². The molecule has 0 fully saturated rings. The first-order valence-electron chi connectivity index (χ1n) is 0. The van der Waals surface area contributed by atoms with E-state index in [0.717, 1.165) is 0 Å². The van der Waals surface area contributed by atoms with Gasteiger partial charge in [0.15, 0.2) is 0 Å². The van der Waals surface area contributed by atoms with E-state index in [2.05, 4.69) is 0 Å². The summed E-state index contributed by atoms with van der Waals surface area (Å²) < 4.78 is 0. The molecule has 0 N–H and O–H groups in total. The van der Waals surface area contributed by atoms with Crippen molar-refractivity contribution in [2.75, 3.05) is 0 Å². The molecule has 0 aliphatic heterocycles. The third-order valence-corrected chi connectivity index (χ3v) is 0. The van der Waals surface area contributed by atoms with Crippen LogP contribution in [-0.4, -0.2) is 0 Å². The third kappa shape index (κ3) is 9.24. The molecule has 0 atom stereocenters. The van der Waals surface area contributed by atoms with Gasteiger partial charge in [-0.1, -0.05) is 7.43 Å². The van der Waals surface area contributed by atoms with Gasteiger partial charge in [0.2, 0.25) is 0 Å². The summed E-state index contributed by atoms with van der Waals surface area (Å²) >= 11 is 0. The normalized spacial score (nSPS) is 0. The number of hydrogen-bond acceptors (Lipinski definition) is 0.